The number of halogens is 1. The van der Waals surface area contributed by atoms with Crippen LogP contribution in [-0.4, -0.2) is 37.0 Å². The summed E-state index contributed by atoms with van der Waals surface area (Å²) in [4.78, 5) is 12.6. The van der Waals surface area contributed by atoms with Gasteiger partial charge in [-0.15, -0.1) is 0 Å². The highest BCUT2D eigenvalue weighted by Gasteiger charge is 2.12. The Balaban J connectivity index is 2.50. The fourth-order valence-electron chi connectivity index (χ4n) is 1.59. The van der Waals surface area contributed by atoms with Crippen LogP contribution in [0.2, 0.25) is 0 Å². The van der Waals surface area contributed by atoms with Crippen molar-refractivity contribution < 1.29 is 4.92 Å². The Labute approximate surface area is 115 Å². The van der Waals surface area contributed by atoms with E-state index in [1.54, 1.807) is 12.1 Å². The highest BCUT2D eigenvalue weighted by molar-refractivity contribution is 9.10. The van der Waals surface area contributed by atoms with Gasteiger partial charge in [0.05, 0.1) is 4.92 Å². The Kier molecular flexibility index (Phi) is 6.07. The minimum absolute atomic E-state index is 0.116. The van der Waals surface area contributed by atoms with Gasteiger partial charge in [0.15, 0.2) is 0 Å². The predicted molar refractivity (Wildman–Crippen MR) is 77.1 cm³/mol. The van der Waals surface area contributed by atoms with Crippen LogP contribution in [0.3, 0.4) is 0 Å². The summed E-state index contributed by atoms with van der Waals surface area (Å²) in [5.41, 5.74) is 0.685. The predicted octanol–water partition coefficient (Wildman–Crippen LogP) is 3.11. The van der Waals surface area contributed by atoms with Gasteiger partial charge in [0.2, 0.25) is 0 Å². The van der Waals surface area contributed by atoms with Gasteiger partial charge in [-0.25, -0.2) is 0 Å². The molecule has 0 heterocycles. The Bertz CT molecular complexity index is 410. The lowest BCUT2D eigenvalue weighted by Crippen LogP contribution is -2.14. The van der Waals surface area contributed by atoms with Crippen LogP contribution in [0.5, 0.6) is 0 Å². The van der Waals surface area contributed by atoms with Gasteiger partial charge in [-0.1, -0.05) is 15.9 Å². The highest BCUT2D eigenvalue weighted by atomic mass is 79.9. The third kappa shape index (κ3) is 5.01. The molecule has 0 aliphatic heterocycles. The third-order valence-electron chi connectivity index (χ3n) is 2.50. The quantitative estimate of drug-likeness (QED) is 0.477. The van der Waals surface area contributed by atoms with E-state index in [4.69, 9.17) is 0 Å². The van der Waals surface area contributed by atoms with Gasteiger partial charge >= 0.3 is 0 Å². The van der Waals surface area contributed by atoms with Gasteiger partial charge in [-0.2, -0.15) is 0 Å². The standard InChI is InChI=1S/C12H18BrN3O2/c1-15(2)8-4-3-7-14-11-9-10(13)5-6-12(11)16(17)18/h5-6,9,14H,3-4,7-8H2,1-2H3. The molecule has 0 radical (unpaired) electrons. The van der Waals surface area contributed by atoms with Crippen LogP contribution in [0.1, 0.15) is 12.8 Å². The van der Waals surface area contributed by atoms with E-state index < -0.39 is 0 Å². The van der Waals surface area contributed by atoms with Crippen LogP contribution in [-0.2, 0) is 0 Å². The second-order valence-corrected chi connectivity index (χ2v) is 5.27. The number of nitro benzene ring substituents is 1. The van der Waals surface area contributed by atoms with Crippen LogP contribution in [0.15, 0.2) is 22.7 Å². The number of anilines is 1. The summed E-state index contributed by atoms with van der Waals surface area (Å²) in [6.07, 6.45) is 2.06. The molecule has 1 aromatic rings. The van der Waals surface area contributed by atoms with Crippen molar-refractivity contribution in [3.8, 4) is 0 Å². The minimum Gasteiger partial charge on any atom is -0.379 e. The summed E-state index contributed by atoms with van der Waals surface area (Å²) < 4.78 is 0.837. The molecule has 1 aromatic carbocycles. The van der Waals surface area contributed by atoms with Gasteiger partial charge in [0.25, 0.3) is 5.69 Å². The topological polar surface area (TPSA) is 58.4 Å². The first-order valence-electron chi connectivity index (χ1n) is 5.83. The van der Waals surface area contributed by atoms with Crippen molar-refractivity contribution in [3.63, 3.8) is 0 Å². The van der Waals surface area contributed by atoms with Crippen molar-refractivity contribution in [1.82, 2.24) is 4.90 Å². The highest BCUT2D eigenvalue weighted by Crippen LogP contribution is 2.27. The zero-order valence-corrected chi connectivity index (χ0v) is 12.2. The molecular formula is C12H18BrN3O2. The fourth-order valence-corrected chi connectivity index (χ4v) is 1.95. The monoisotopic (exact) mass is 315 g/mol. The van der Waals surface area contributed by atoms with Gasteiger partial charge in [0.1, 0.15) is 5.69 Å². The maximum Gasteiger partial charge on any atom is 0.292 e. The molecule has 0 fully saturated rings. The summed E-state index contributed by atoms with van der Waals surface area (Å²) in [7, 11) is 4.07. The molecule has 0 atom stereocenters. The molecule has 0 aliphatic rings. The Morgan fingerprint density at radius 2 is 2.11 bits per heavy atom. The van der Waals surface area contributed by atoms with Crippen molar-refractivity contribution in [2.24, 2.45) is 0 Å². The lowest BCUT2D eigenvalue weighted by atomic mass is 10.2. The first-order valence-corrected chi connectivity index (χ1v) is 6.62. The lowest BCUT2D eigenvalue weighted by Gasteiger charge is -2.10. The van der Waals surface area contributed by atoms with E-state index in [0.717, 1.165) is 30.4 Å². The van der Waals surface area contributed by atoms with Gasteiger partial charge in [-0.3, -0.25) is 10.1 Å². The lowest BCUT2D eigenvalue weighted by molar-refractivity contribution is -0.384. The molecule has 1 N–H and O–H groups in total. The van der Waals surface area contributed by atoms with E-state index in [1.165, 1.54) is 6.07 Å². The molecule has 0 saturated heterocycles. The number of hydrogen-bond donors (Lipinski definition) is 1. The molecule has 1 rings (SSSR count). The van der Waals surface area contributed by atoms with E-state index in [-0.39, 0.29) is 10.6 Å². The number of nitro groups is 1. The van der Waals surface area contributed by atoms with Crippen molar-refractivity contribution in [1.29, 1.82) is 0 Å². The van der Waals surface area contributed by atoms with Crippen LogP contribution >= 0.6 is 15.9 Å². The maximum absolute atomic E-state index is 10.9. The average molecular weight is 316 g/mol. The maximum atomic E-state index is 10.9. The summed E-state index contributed by atoms with van der Waals surface area (Å²) >= 11 is 3.32. The van der Waals surface area contributed by atoms with Crippen LogP contribution < -0.4 is 5.32 Å². The molecule has 0 amide bonds. The molecule has 0 spiro atoms. The number of benzene rings is 1. The first kappa shape index (κ1) is 14.9. The molecule has 6 heteroatoms. The van der Waals surface area contributed by atoms with Gasteiger partial charge < -0.3 is 10.2 Å². The zero-order valence-electron chi connectivity index (χ0n) is 10.6. The summed E-state index contributed by atoms with van der Waals surface area (Å²) in [6.45, 7) is 1.77. The number of rotatable bonds is 7. The van der Waals surface area contributed by atoms with Crippen molar-refractivity contribution in [2.45, 2.75) is 12.8 Å². The summed E-state index contributed by atoms with van der Waals surface area (Å²) in [6, 6.07) is 4.92. The zero-order chi connectivity index (χ0) is 13.5. The SMILES string of the molecule is CN(C)CCCCNc1cc(Br)ccc1[N+](=O)[O-]. The van der Waals surface area contributed by atoms with Crippen molar-refractivity contribution in [2.75, 3.05) is 32.5 Å². The van der Waals surface area contributed by atoms with Crippen LogP contribution in [0, 0.1) is 10.1 Å². The van der Waals surface area contributed by atoms with E-state index in [2.05, 4.69) is 26.1 Å². The second kappa shape index (κ2) is 7.33. The molecule has 18 heavy (non-hydrogen) atoms. The molecule has 0 aliphatic carbocycles. The molecule has 5 nitrogen and oxygen atoms in total. The Morgan fingerprint density at radius 3 is 2.72 bits per heavy atom. The third-order valence-corrected chi connectivity index (χ3v) is 3.00. The average Bonchev–Trinajstić information content (AvgIpc) is 2.27. The molecule has 0 aromatic heterocycles. The molecule has 100 valence electrons. The largest absolute Gasteiger partial charge is 0.379 e. The van der Waals surface area contributed by atoms with E-state index >= 15 is 0 Å². The van der Waals surface area contributed by atoms with Crippen molar-refractivity contribution in [3.05, 3.63) is 32.8 Å². The van der Waals surface area contributed by atoms with Crippen LogP contribution in [0.4, 0.5) is 11.4 Å². The van der Waals surface area contributed by atoms with Crippen LogP contribution in [0.25, 0.3) is 0 Å². The number of nitrogens with one attached hydrogen (secondary N) is 1. The Morgan fingerprint density at radius 1 is 1.39 bits per heavy atom. The molecular weight excluding hydrogens is 298 g/mol. The van der Waals surface area contributed by atoms with Crippen molar-refractivity contribution >= 4 is 27.3 Å². The summed E-state index contributed by atoms with van der Waals surface area (Å²) in [5.74, 6) is 0. The van der Waals surface area contributed by atoms with Gasteiger partial charge in [0, 0.05) is 17.1 Å². The molecule has 0 bridgehead atoms. The summed E-state index contributed by atoms with van der Waals surface area (Å²) in [5, 5.41) is 14.0. The number of nitrogens with zero attached hydrogens (tertiary/aromatic N) is 2. The number of unbranched alkanes of at least 4 members (excludes halogenated alkanes) is 1. The smallest absolute Gasteiger partial charge is 0.292 e. The first-order chi connectivity index (χ1) is 8.50. The minimum atomic E-state index is -0.366. The fraction of sp³-hybridized carbons (Fsp3) is 0.500. The second-order valence-electron chi connectivity index (χ2n) is 4.36. The normalized spacial score (nSPS) is 10.7. The molecule has 0 unspecified atom stereocenters. The van der Waals surface area contributed by atoms with E-state index in [1.807, 2.05) is 14.1 Å². The van der Waals surface area contributed by atoms with Gasteiger partial charge in [-0.05, 0) is 45.6 Å². The van der Waals surface area contributed by atoms with E-state index in [0.29, 0.717) is 5.69 Å². The Hall–Kier alpha value is -1.14. The molecule has 0 saturated carbocycles. The van der Waals surface area contributed by atoms with E-state index in [9.17, 15) is 10.1 Å². The number of hydrogen-bond acceptors (Lipinski definition) is 4.